The van der Waals surface area contributed by atoms with Gasteiger partial charge < -0.3 is 14.6 Å². The van der Waals surface area contributed by atoms with Crippen molar-refractivity contribution >= 4 is 5.78 Å². The van der Waals surface area contributed by atoms with Gasteiger partial charge in [-0.15, -0.1) is 0 Å². The van der Waals surface area contributed by atoms with Crippen LogP contribution in [0.5, 0.6) is 5.75 Å². The zero-order valence-corrected chi connectivity index (χ0v) is 16.3. The Bertz CT molecular complexity index is 1060. The average molecular weight is 388 g/mol. The number of benzene rings is 2. The van der Waals surface area contributed by atoms with Gasteiger partial charge in [0, 0.05) is 17.8 Å². The van der Waals surface area contributed by atoms with Gasteiger partial charge in [-0.05, 0) is 54.8 Å². The third-order valence-electron chi connectivity index (χ3n) is 5.20. The van der Waals surface area contributed by atoms with Gasteiger partial charge in [0.05, 0.1) is 6.54 Å². The predicted molar refractivity (Wildman–Crippen MR) is 113 cm³/mol. The monoisotopic (exact) mass is 388 g/mol. The SMILES string of the molecule is O=C(Cn1ccc(OCc2ccccc2)cc1=O)c1ccc2c(c1)CCNCC2. The fourth-order valence-electron chi connectivity index (χ4n) is 3.54. The zero-order chi connectivity index (χ0) is 20.1. The Morgan fingerprint density at radius 3 is 2.55 bits per heavy atom. The minimum absolute atomic E-state index is 0.0227. The molecule has 0 fully saturated rings. The molecule has 3 aromatic rings. The molecule has 0 amide bonds. The van der Waals surface area contributed by atoms with E-state index in [1.165, 1.54) is 21.8 Å². The minimum Gasteiger partial charge on any atom is -0.489 e. The summed E-state index contributed by atoms with van der Waals surface area (Å²) in [6, 6.07) is 18.8. The van der Waals surface area contributed by atoms with Gasteiger partial charge in [-0.2, -0.15) is 0 Å². The molecule has 5 nitrogen and oxygen atoms in total. The van der Waals surface area contributed by atoms with Crippen LogP contribution >= 0.6 is 0 Å². The number of carbonyl (C=O) groups excluding carboxylic acids is 1. The van der Waals surface area contributed by atoms with Crippen molar-refractivity contribution in [1.82, 2.24) is 9.88 Å². The van der Waals surface area contributed by atoms with Crippen LogP contribution in [0.15, 0.2) is 71.7 Å². The molecule has 0 radical (unpaired) electrons. The maximum Gasteiger partial charge on any atom is 0.254 e. The van der Waals surface area contributed by atoms with Crippen LogP contribution in [-0.4, -0.2) is 23.4 Å². The molecule has 1 aromatic heterocycles. The van der Waals surface area contributed by atoms with E-state index in [0.717, 1.165) is 31.5 Å². The van der Waals surface area contributed by atoms with Crippen LogP contribution in [-0.2, 0) is 26.0 Å². The van der Waals surface area contributed by atoms with Gasteiger partial charge in [0.1, 0.15) is 12.4 Å². The first kappa shape index (κ1) is 19.2. The Balaban J connectivity index is 1.43. The van der Waals surface area contributed by atoms with Crippen LogP contribution in [0.3, 0.4) is 0 Å². The van der Waals surface area contributed by atoms with Crippen molar-refractivity contribution in [3.8, 4) is 5.75 Å². The molecule has 2 heterocycles. The average Bonchev–Trinajstić information content (AvgIpc) is 2.99. The normalized spacial score (nSPS) is 13.4. The summed E-state index contributed by atoms with van der Waals surface area (Å²) in [5, 5.41) is 3.37. The summed E-state index contributed by atoms with van der Waals surface area (Å²) in [6.45, 7) is 2.31. The van der Waals surface area contributed by atoms with E-state index in [2.05, 4.69) is 5.32 Å². The second kappa shape index (κ2) is 8.88. The van der Waals surface area contributed by atoms with Crippen LogP contribution in [0.25, 0.3) is 0 Å². The number of aromatic nitrogens is 1. The molecule has 0 saturated heterocycles. The Labute approximate surface area is 170 Å². The summed E-state index contributed by atoms with van der Waals surface area (Å²) in [5.41, 5.74) is 3.96. The number of nitrogens with one attached hydrogen (secondary N) is 1. The first-order chi connectivity index (χ1) is 14.2. The van der Waals surface area contributed by atoms with E-state index in [9.17, 15) is 9.59 Å². The number of ether oxygens (including phenoxy) is 1. The van der Waals surface area contributed by atoms with Gasteiger partial charge in [0.2, 0.25) is 0 Å². The molecule has 0 atom stereocenters. The molecule has 0 aliphatic carbocycles. The number of carbonyl (C=O) groups is 1. The fraction of sp³-hybridized carbons (Fsp3) is 0.250. The zero-order valence-electron chi connectivity index (χ0n) is 16.3. The number of Topliss-reactive ketones (excluding diaryl/α,β-unsaturated/α-hetero) is 1. The Kier molecular flexibility index (Phi) is 5.86. The third kappa shape index (κ3) is 4.81. The molecule has 0 spiro atoms. The van der Waals surface area contributed by atoms with Gasteiger partial charge in [-0.3, -0.25) is 9.59 Å². The first-order valence-corrected chi connectivity index (χ1v) is 9.92. The lowest BCUT2D eigenvalue weighted by molar-refractivity contribution is 0.0970. The minimum atomic E-state index is -0.247. The van der Waals surface area contributed by atoms with E-state index in [1.807, 2.05) is 48.5 Å². The molecule has 4 rings (SSSR count). The van der Waals surface area contributed by atoms with Crippen LogP contribution in [0.1, 0.15) is 27.0 Å². The Hall–Kier alpha value is -3.18. The summed E-state index contributed by atoms with van der Waals surface area (Å²) in [5.74, 6) is 0.435. The lowest BCUT2D eigenvalue weighted by atomic mass is 9.98. The molecule has 0 saturated carbocycles. The summed E-state index contributed by atoms with van der Waals surface area (Å²) >= 11 is 0. The molecule has 29 heavy (non-hydrogen) atoms. The van der Waals surface area contributed by atoms with Crippen molar-refractivity contribution in [3.05, 3.63) is 99.5 Å². The molecule has 148 valence electrons. The summed E-state index contributed by atoms with van der Waals surface area (Å²) in [6.07, 6.45) is 3.52. The van der Waals surface area contributed by atoms with Crippen molar-refractivity contribution in [2.45, 2.75) is 26.0 Å². The van der Waals surface area contributed by atoms with E-state index in [0.29, 0.717) is 17.9 Å². The predicted octanol–water partition coefficient (Wildman–Crippen LogP) is 3.00. The number of pyridine rings is 1. The van der Waals surface area contributed by atoms with E-state index in [4.69, 9.17) is 4.74 Å². The molecule has 1 aliphatic rings. The number of rotatable bonds is 6. The summed E-state index contributed by atoms with van der Waals surface area (Å²) in [4.78, 5) is 25.1. The van der Waals surface area contributed by atoms with E-state index in [1.54, 1.807) is 12.3 Å². The molecule has 0 unspecified atom stereocenters. The van der Waals surface area contributed by atoms with Gasteiger partial charge in [-0.1, -0.05) is 42.5 Å². The number of fused-ring (bicyclic) bond motifs is 1. The topological polar surface area (TPSA) is 60.3 Å². The molecule has 1 aliphatic heterocycles. The van der Waals surface area contributed by atoms with Gasteiger partial charge in [-0.25, -0.2) is 0 Å². The maximum atomic E-state index is 12.7. The maximum absolute atomic E-state index is 12.7. The third-order valence-corrected chi connectivity index (χ3v) is 5.20. The van der Waals surface area contributed by atoms with Gasteiger partial charge >= 0.3 is 0 Å². The van der Waals surface area contributed by atoms with Crippen LogP contribution in [0, 0.1) is 0 Å². The molecule has 1 N–H and O–H groups in total. The van der Waals surface area contributed by atoms with Crippen molar-refractivity contribution in [2.75, 3.05) is 13.1 Å². The van der Waals surface area contributed by atoms with Crippen molar-refractivity contribution < 1.29 is 9.53 Å². The Morgan fingerprint density at radius 1 is 0.966 bits per heavy atom. The number of nitrogens with zero attached hydrogens (tertiary/aromatic N) is 1. The quantitative estimate of drug-likeness (QED) is 0.660. The molecular formula is C24H24N2O3. The van der Waals surface area contributed by atoms with Crippen LogP contribution < -0.4 is 15.6 Å². The van der Waals surface area contributed by atoms with Crippen molar-refractivity contribution in [2.24, 2.45) is 0 Å². The lowest BCUT2D eigenvalue weighted by Crippen LogP contribution is -2.23. The van der Waals surface area contributed by atoms with E-state index < -0.39 is 0 Å². The largest absolute Gasteiger partial charge is 0.489 e. The van der Waals surface area contributed by atoms with Crippen molar-refractivity contribution in [1.29, 1.82) is 0 Å². The van der Waals surface area contributed by atoms with Crippen molar-refractivity contribution in [3.63, 3.8) is 0 Å². The molecule has 5 heteroatoms. The highest BCUT2D eigenvalue weighted by atomic mass is 16.5. The smallest absolute Gasteiger partial charge is 0.254 e. The fourth-order valence-corrected chi connectivity index (χ4v) is 3.54. The highest BCUT2D eigenvalue weighted by Crippen LogP contribution is 2.16. The standard InChI is InChI=1S/C24H24N2O3/c27-23(21-7-6-19-8-11-25-12-9-20(19)14-21)16-26-13-10-22(15-24(26)28)29-17-18-4-2-1-3-5-18/h1-7,10,13-15,25H,8-9,11-12,16-17H2. The number of hydrogen-bond acceptors (Lipinski definition) is 4. The Morgan fingerprint density at radius 2 is 1.76 bits per heavy atom. The highest BCUT2D eigenvalue weighted by Gasteiger charge is 2.13. The summed E-state index contributed by atoms with van der Waals surface area (Å²) < 4.78 is 7.11. The van der Waals surface area contributed by atoms with Gasteiger partial charge in [0.25, 0.3) is 5.56 Å². The van der Waals surface area contributed by atoms with Gasteiger partial charge in [0.15, 0.2) is 5.78 Å². The van der Waals surface area contributed by atoms with E-state index in [-0.39, 0.29) is 17.9 Å². The second-order valence-electron chi connectivity index (χ2n) is 7.26. The second-order valence-corrected chi connectivity index (χ2v) is 7.26. The molecular weight excluding hydrogens is 364 g/mol. The van der Waals surface area contributed by atoms with E-state index >= 15 is 0 Å². The number of ketones is 1. The number of hydrogen-bond donors (Lipinski definition) is 1. The molecule has 2 aromatic carbocycles. The van der Waals surface area contributed by atoms with Crippen LogP contribution in [0.4, 0.5) is 0 Å². The first-order valence-electron chi connectivity index (χ1n) is 9.92. The summed E-state index contributed by atoms with van der Waals surface area (Å²) in [7, 11) is 0. The lowest BCUT2D eigenvalue weighted by Gasteiger charge is -2.10. The highest BCUT2D eigenvalue weighted by molar-refractivity contribution is 5.96. The van der Waals surface area contributed by atoms with Crippen LogP contribution in [0.2, 0.25) is 0 Å². The molecule has 0 bridgehead atoms.